The van der Waals surface area contributed by atoms with Gasteiger partial charge in [-0.05, 0) is 5.56 Å². The molecule has 0 radical (unpaired) electrons. The lowest BCUT2D eigenvalue weighted by Crippen LogP contribution is -1.95. The highest BCUT2D eigenvalue weighted by atomic mass is 32.1. The molecule has 0 aliphatic heterocycles. The number of nitroso groups, excluding NO2 is 1. The van der Waals surface area contributed by atoms with Crippen molar-refractivity contribution in [1.29, 1.82) is 0 Å². The van der Waals surface area contributed by atoms with Crippen LogP contribution in [0.4, 0.5) is 0 Å². The monoisotopic (exact) mass is 204 g/mol. The number of aromatic nitrogens is 1. The molecule has 0 aliphatic rings. The molecule has 1 heterocycles. The molecule has 0 aliphatic carbocycles. The molecule has 0 amide bonds. The summed E-state index contributed by atoms with van der Waals surface area (Å²) in [6.45, 7) is 0. The number of benzene rings is 1. The van der Waals surface area contributed by atoms with Crippen LogP contribution in [0.5, 0.6) is 0 Å². The highest BCUT2D eigenvalue weighted by molar-refractivity contribution is 7.09. The lowest BCUT2D eigenvalue weighted by atomic mass is 10.1. The SMILES string of the molecule is O=NC(c1ccccc1)c1nccs1. The van der Waals surface area contributed by atoms with Crippen LogP contribution < -0.4 is 0 Å². The summed E-state index contributed by atoms with van der Waals surface area (Å²) in [6, 6.07) is 8.99. The summed E-state index contributed by atoms with van der Waals surface area (Å²) in [5, 5.41) is 5.68. The van der Waals surface area contributed by atoms with Crippen molar-refractivity contribution in [3.05, 3.63) is 57.4 Å². The van der Waals surface area contributed by atoms with Crippen molar-refractivity contribution in [3.63, 3.8) is 0 Å². The summed E-state index contributed by atoms with van der Waals surface area (Å²) in [7, 11) is 0. The van der Waals surface area contributed by atoms with Gasteiger partial charge in [-0.15, -0.1) is 16.2 Å². The van der Waals surface area contributed by atoms with Crippen molar-refractivity contribution in [1.82, 2.24) is 4.98 Å². The summed E-state index contributed by atoms with van der Waals surface area (Å²) in [4.78, 5) is 14.8. The number of rotatable bonds is 3. The van der Waals surface area contributed by atoms with Crippen LogP contribution in [-0.2, 0) is 0 Å². The molecule has 0 saturated heterocycles. The number of hydrogen-bond acceptors (Lipinski definition) is 4. The molecular formula is C10H8N2OS. The Balaban J connectivity index is 2.36. The molecule has 0 fully saturated rings. The van der Waals surface area contributed by atoms with E-state index in [1.807, 2.05) is 35.7 Å². The maximum Gasteiger partial charge on any atom is 0.168 e. The maximum atomic E-state index is 10.7. The largest absolute Gasteiger partial charge is 0.247 e. The standard InChI is InChI=1S/C10H8N2OS/c13-12-9(10-11-6-7-14-10)8-4-2-1-3-5-8/h1-7,9H. The average Bonchev–Trinajstić information content (AvgIpc) is 2.74. The van der Waals surface area contributed by atoms with Gasteiger partial charge in [-0.1, -0.05) is 35.5 Å². The zero-order chi connectivity index (χ0) is 9.80. The normalized spacial score (nSPS) is 12.3. The lowest BCUT2D eigenvalue weighted by Gasteiger charge is -2.04. The second-order valence-electron chi connectivity index (χ2n) is 2.79. The summed E-state index contributed by atoms with van der Waals surface area (Å²) >= 11 is 1.45. The van der Waals surface area contributed by atoms with Crippen LogP contribution in [0.1, 0.15) is 16.6 Å². The van der Waals surface area contributed by atoms with Crippen molar-refractivity contribution in [2.45, 2.75) is 6.04 Å². The van der Waals surface area contributed by atoms with E-state index in [2.05, 4.69) is 10.2 Å². The van der Waals surface area contributed by atoms with Crippen molar-refractivity contribution in [2.24, 2.45) is 5.18 Å². The summed E-state index contributed by atoms with van der Waals surface area (Å²) in [6.07, 6.45) is 1.68. The minimum absolute atomic E-state index is 0.462. The van der Waals surface area contributed by atoms with Crippen molar-refractivity contribution < 1.29 is 0 Å². The Bertz CT molecular complexity index is 399. The fraction of sp³-hybridized carbons (Fsp3) is 0.100. The van der Waals surface area contributed by atoms with Crippen LogP contribution in [0.2, 0.25) is 0 Å². The third-order valence-electron chi connectivity index (χ3n) is 1.91. The number of nitrogens with zero attached hydrogens (tertiary/aromatic N) is 2. The van der Waals surface area contributed by atoms with Crippen LogP contribution in [0.25, 0.3) is 0 Å². The first-order valence-corrected chi connectivity index (χ1v) is 5.06. The van der Waals surface area contributed by atoms with Gasteiger partial charge in [0.1, 0.15) is 5.01 Å². The van der Waals surface area contributed by atoms with Gasteiger partial charge in [0.05, 0.1) is 0 Å². The van der Waals surface area contributed by atoms with E-state index in [1.165, 1.54) is 11.3 Å². The van der Waals surface area contributed by atoms with E-state index in [4.69, 9.17) is 0 Å². The van der Waals surface area contributed by atoms with E-state index in [9.17, 15) is 4.91 Å². The number of thiazole rings is 1. The highest BCUT2D eigenvalue weighted by Gasteiger charge is 2.16. The minimum atomic E-state index is -0.462. The molecule has 1 atom stereocenters. The predicted octanol–water partition coefficient (Wildman–Crippen LogP) is 3.00. The van der Waals surface area contributed by atoms with Crippen molar-refractivity contribution in [2.75, 3.05) is 0 Å². The Morgan fingerprint density at radius 3 is 2.64 bits per heavy atom. The van der Waals surface area contributed by atoms with E-state index < -0.39 is 6.04 Å². The average molecular weight is 204 g/mol. The Morgan fingerprint density at radius 1 is 1.29 bits per heavy atom. The van der Waals surface area contributed by atoms with Gasteiger partial charge >= 0.3 is 0 Å². The zero-order valence-corrected chi connectivity index (χ0v) is 8.15. The van der Waals surface area contributed by atoms with E-state index in [0.29, 0.717) is 0 Å². The summed E-state index contributed by atoms with van der Waals surface area (Å²) in [5.41, 5.74) is 0.887. The van der Waals surface area contributed by atoms with Crippen LogP contribution in [0, 0.1) is 4.91 Å². The molecule has 2 aromatic rings. The van der Waals surface area contributed by atoms with Crippen molar-refractivity contribution >= 4 is 11.3 Å². The molecular weight excluding hydrogens is 196 g/mol. The molecule has 0 saturated carbocycles. The Morgan fingerprint density at radius 2 is 2.07 bits per heavy atom. The topological polar surface area (TPSA) is 42.3 Å². The highest BCUT2D eigenvalue weighted by Crippen LogP contribution is 2.26. The molecule has 0 bridgehead atoms. The fourth-order valence-electron chi connectivity index (χ4n) is 1.25. The van der Waals surface area contributed by atoms with Gasteiger partial charge in [0, 0.05) is 11.6 Å². The van der Waals surface area contributed by atoms with Crippen LogP contribution in [-0.4, -0.2) is 4.98 Å². The van der Waals surface area contributed by atoms with Gasteiger partial charge < -0.3 is 0 Å². The molecule has 1 aromatic heterocycles. The summed E-state index contributed by atoms with van der Waals surface area (Å²) in [5.74, 6) is 0. The Labute approximate surface area is 85.4 Å². The number of hydrogen-bond donors (Lipinski definition) is 0. The molecule has 3 nitrogen and oxygen atoms in total. The molecule has 0 spiro atoms. The smallest absolute Gasteiger partial charge is 0.168 e. The van der Waals surface area contributed by atoms with Crippen LogP contribution in [0.3, 0.4) is 0 Å². The van der Waals surface area contributed by atoms with Crippen LogP contribution >= 0.6 is 11.3 Å². The van der Waals surface area contributed by atoms with Gasteiger partial charge in [0.25, 0.3) is 0 Å². The molecule has 0 N–H and O–H groups in total. The van der Waals surface area contributed by atoms with Gasteiger partial charge in [0.2, 0.25) is 0 Å². The first kappa shape index (κ1) is 9.02. The first-order valence-electron chi connectivity index (χ1n) is 4.18. The zero-order valence-electron chi connectivity index (χ0n) is 7.33. The third kappa shape index (κ3) is 1.70. The van der Waals surface area contributed by atoms with Gasteiger partial charge in [-0.2, -0.15) is 0 Å². The second kappa shape index (κ2) is 4.11. The van der Waals surface area contributed by atoms with E-state index >= 15 is 0 Å². The van der Waals surface area contributed by atoms with Crippen LogP contribution in [0.15, 0.2) is 47.1 Å². The second-order valence-corrected chi connectivity index (χ2v) is 3.72. The fourth-order valence-corrected chi connectivity index (χ4v) is 1.94. The predicted molar refractivity (Wildman–Crippen MR) is 56.2 cm³/mol. The molecule has 1 unspecified atom stereocenters. The quantitative estimate of drug-likeness (QED) is 0.721. The summed E-state index contributed by atoms with van der Waals surface area (Å²) < 4.78 is 0. The van der Waals surface area contributed by atoms with Crippen molar-refractivity contribution in [3.8, 4) is 0 Å². The minimum Gasteiger partial charge on any atom is -0.247 e. The third-order valence-corrected chi connectivity index (χ3v) is 2.73. The van der Waals surface area contributed by atoms with E-state index in [0.717, 1.165) is 10.6 Å². The molecule has 70 valence electrons. The van der Waals surface area contributed by atoms with Gasteiger partial charge in [-0.25, -0.2) is 4.98 Å². The lowest BCUT2D eigenvalue weighted by molar-refractivity contribution is 0.850. The molecule has 4 heteroatoms. The molecule has 14 heavy (non-hydrogen) atoms. The van der Waals surface area contributed by atoms with E-state index in [1.54, 1.807) is 6.20 Å². The first-order chi connectivity index (χ1) is 6.92. The van der Waals surface area contributed by atoms with Gasteiger partial charge in [0.15, 0.2) is 6.04 Å². The Kier molecular flexibility index (Phi) is 2.65. The Hall–Kier alpha value is -1.55. The van der Waals surface area contributed by atoms with E-state index in [-0.39, 0.29) is 0 Å². The molecule has 1 aromatic carbocycles. The maximum absolute atomic E-state index is 10.7. The molecule has 2 rings (SSSR count). The van der Waals surface area contributed by atoms with Gasteiger partial charge in [-0.3, -0.25) is 0 Å².